The molecule has 190 valence electrons. The van der Waals surface area contributed by atoms with Crippen LogP contribution in [0.25, 0.3) is 0 Å². The van der Waals surface area contributed by atoms with Crippen LogP contribution in [-0.4, -0.2) is 87.6 Å². The number of urea groups is 1. The van der Waals surface area contributed by atoms with Crippen molar-refractivity contribution in [1.29, 1.82) is 0 Å². The summed E-state index contributed by atoms with van der Waals surface area (Å²) >= 11 is 0. The van der Waals surface area contributed by atoms with Crippen LogP contribution in [0.1, 0.15) is 24.0 Å². The molecule has 10 nitrogen and oxygen atoms in total. The fourth-order valence-corrected chi connectivity index (χ4v) is 4.81. The largest absolute Gasteiger partial charge is 0.481 e. The number of carboxylic acids is 1. The van der Waals surface area contributed by atoms with E-state index in [1.54, 1.807) is 17.0 Å². The summed E-state index contributed by atoms with van der Waals surface area (Å²) in [4.78, 5) is 54.2. The molecule has 0 bridgehead atoms. The monoisotopic (exact) mass is 493 g/mol. The molecule has 0 unspecified atom stereocenters. The number of carbonyl (C=O) groups excluding carboxylic acids is 3. The summed E-state index contributed by atoms with van der Waals surface area (Å²) in [5, 5.41) is 15.2. The first-order valence-corrected chi connectivity index (χ1v) is 12.0. The summed E-state index contributed by atoms with van der Waals surface area (Å²) < 4.78 is 0. The van der Waals surface area contributed by atoms with Crippen LogP contribution in [0.15, 0.2) is 60.7 Å². The number of rotatable bonds is 8. The van der Waals surface area contributed by atoms with Gasteiger partial charge in [0.15, 0.2) is 0 Å². The average Bonchev–Trinajstić information content (AvgIpc) is 2.87. The van der Waals surface area contributed by atoms with Gasteiger partial charge in [0.25, 0.3) is 0 Å². The lowest BCUT2D eigenvalue weighted by Gasteiger charge is -2.54. The predicted octanol–water partition coefficient (Wildman–Crippen LogP) is 1.53. The molecule has 0 spiro atoms. The van der Waals surface area contributed by atoms with Crippen molar-refractivity contribution < 1.29 is 24.3 Å². The normalized spacial score (nSPS) is 20.3. The summed E-state index contributed by atoms with van der Waals surface area (Å²) in [6, 6.07) is 17.9. The van der Waals surface area contributed by atoms with Gasteiger partial charge in [-0.1, -0.05) is 60.7 Å². The van der Waals surface area contributed by atoms with Crippen LogP contribution in [0.2, 0.25) is 0 Å². The third-order valence-corrected chi connectivity index (χ3v) is 6.58. The van der Waals surface area contributed by atoms with Gasteiger partial charge < -0.3 is 20.2 Å². The highest BCUT2D eigenvalue weighted by Crippen LogP contribution is 2.28. The minimum absolute atomic E-state index is 0.0125. The smallest absolute Gasteiger partial charge is 0.334 e. The minimum Gasteiger partial charge on any atom is -0.481 e. The minimum atomic E-state index is -1.04. The van der Waals surface area contributed by atoms with Crippen LogP contribution in [0, 0.1) is 0 Å². The Hall–Kier alpha value is -3.92. The Labute approximate surface area is 210 Å². The van der Waals surface area contributed by atoms with E-state index >= 15 is 0 Å². The molecule has 0 aromatic heterocycles. The number of likely N-dealkylation sites (N-methyl/N-ethyl adjacent to an activating group) is 1. The van der Waals surface area contributed by atoms with E-state index < -0.39 is 24.2 Å². The van der Waals surface area contributed by atoms with E-state index in [1.165, 1.54) is 9.91 Å². The van der Waals surface area contributed by atoms with Gasteiger partial charge >= 0.3 is 12.0 Å². The number of carboxylic acid groups (broad SMARTS) is 1. The van der Waals surface area contributed by atoms with Crippen molar-refractivity contribution in [1.82, 2.24) is 25.1 Å². The molecular formula is C26H31N5O5. The highest BCUT2D eigenvalue weighted by molar-refractivity contribution is 5.91. The van der Waals surface area contributed by atoms with Gasteiger partial charge in [0.05, 0.1) is 13.1 Å². The van der Waals surface area contributed by atoms with Crippen LogP contribution in [0.4, 0.5) is 4.79 Å². The number of hydrazine groups is 1. The summed E-state index contributed by atoms with van der Waals surface area (Å²) in [6.45, 7) is 0.762. The van der Waals surface area contributed by atoms with Gasteiger partial charge in [0, 0.05) is 26.6 Å². The summed E-state index contributed by atoms with van der Waals surface area (Å²) in [7, 11) is 1.66. The molecule has 2 aliphatic rings. The average molecular weight is 494 g/mol. The number of benzene rings is 2. The Morgan fingerprint density at radius 1 is 1.00 bits per heavy atom. The van der Waals surface area contributed by atoms with E-state index in [4.69, 9.17) is 0 Å². The van der Waals surface area contributed by atoms with Crippen molar-refractivity contribution in [2.24, 2.45) is 0 Å². The van der Waals surface area contributed by atoms with E-state index in [2.05, 4.69) is 5.32 Å². The third kappa shape index (κ3) is 5.65. The van der Waals surface area contributed by atoms with Gasteiger partial charge in [0.2, 0.25) is 11.8 Å². The first-order valence-electron chi connectivity index (χ1n) is 12.0. The predicted molar refractivity (Wildman–Crippen MR) is 131 cm³/mol. The van der Waals surface area contributed by atoms with Crippen molar-refractivity contribution in [3.63, 3.8) is 0 Å². The lowest BCUT2D eigenvalue weighted by atomic mass is 10.0. The van der Waals surface area contributed by atoms with Crippen molar-refractivity contribution in [2.75, 3.05) is 26.7 Å². The number of fused-ring (bicyclic) bond motifs is 1. The quantitative estimate of drug-likeness (QED) is 0.577. The Morgan fingerprint density at radius 3 is 2.28 bits per heavy atom. The van der Waals surface area contributed by atoms with Crippen LogP contribution < -0.4 is 5.32 Å². The molecule has 2 atom stereocenters. The van der Waals surface area contributed by atoms with E-state index in [-0.39, 0.29) is 37.7 Å². The molecule has 2 fully saturated rings. The Bertz CT molecular complexity index is 1100. The molecule has 0 saturated carbocycles. The number of piperazine rings is 1. The van der Waals surface area contributed by atoms with E-state index in [0.29, 0.717) is 19.5 Å². The second-order valence-electron chi connectivity index (χ2n) is 9.05. The number of aliphatic carboxylic acids is 1. The fraction of sp³-hybridized carbons (Fsp3) is 0.385. The van der Waals surface area contributed by atoms with Crippen molar-refractivity contribution >= 4 is 23.8 Å². The fourth-order valence-electron chi connectivity index (χ4n) is 4.81. The molecule has 2 heterocycles. The Balaban J connectivity index is 1.57. The van der Waals surface area contributed by atoms with Crippen LogP contribution in [-0.2, 0) is 27.3 Å². The molecule has 2 aliphatic heterocycles. The molecule has 36 heavy (non-hydrogen) atoms. The van der Waals surface area contributed by atoms with Crippen LogP contribution in [0.3, 0.4) is 0 Å². The SMILES string of the molecule is CN1CC(=O)N2[C@@H](CCC(=O)O)C(=O)N(CCc3ccccc3)C[C@@H]2N1C(=O)NCc1ccccc1. The van der Waals surface area contributed by atoms with Crippen LogP contribution in [0.5, 0.6) is 0 Å². The van der Waals surface area contributed by atoms with Gasteiger partial charge in [-0.2, -0.15) is 0 Å². The third-order valence-electron chi connectivity index (χ3n) is 6.58. The first kappa shape index (κ1) is 25.2. The number of nitrogens with one attached hydrogen (secondary N) is 1. The molecule has 2 saturated heterocycles. The van der Waals surface area contributed by atoms with Crippen molar-refractivity contribution in [3.8, 4) is 0 Å². The van der Waals surface area contributed by atoms with E-state index in [0.717, 1.165) is 11.1 Å². The topological polar surface area (TPSA) is 114 Å². The maximum atomic E-state index is 13.4. The zero-order valence-electron chi connectivity index (χ0n) is 20.2. The first-order chi connectivity index (χ1) is 17.3. The zero-order valence-corrected chi connectivity index (χ0v) is 20.2. The van der Waals surface area contributed by atoms with Crippen molar-refractivity contribution in [2.45, 2.75) is 38.0 Å². The van der Waals surface area contributed by atoms with Crippen molar-refractivity contribution in [3.05, 3.63) is 71.8 Å². The highest BCUT2D eigenvalue weighted by Gasteiger charge is 2.50. The van der Waals surface area contributed by atoms with Gasteiger partial charge in [0.1, 0.15) is 12.2 Å². The molecule has 2 N–H and O–H groups in total. The molecule has 4 rings (SSSR count). The number of amides is 4. The molecule has 10 heteroatoms. The van der Waals surface area contributed by atoms with E-state index in [9.17, 15) is 24.3 Å². The number of hydrogen-bond donors (Lipinski definition) is 2. The van der Waals surface area contributed by atoms with E-state index in [1.807, 2.05) is 60.7 Å². The summed E-state index contributed by atoms with van der Waals surface area (Å²) in [5.74, 6) is -1.63. The highest BCUT2D eigenvalue weighted by atomic mass is 16.4. The van der Waals surface area contributed by atoms with Crippen LogP contribution >= 0.6 is 0 Å². The maximum absolute atomic E-state index is 13.4. The number of hydrogen-bond acceptors (Lipinski definition) is 5. The Morgan fingerprint density at radius 2 is 1.64 bits per heavy atom. The molecule has 2 aromatic rings. The molecule has 4 amide bonds. The molecule has 0 radical (unpaired) electrons. The van der Waals surface area contributed by atoms with Gasteiger partial charge in [-0.25, -0.2) is 14.8 Å². The number of carbonyl (C=O) groups is 4. The maximum Gasteiger partial charge on any atom is 0.334 e. The Kier molecular flexibility index (Phi) is 7.84. The summed E-state index contributed by atoms with van der Waals surface area (Å²) in [5.41, 5.74) is 1.99. The molecule has 0 aliphatic carbocycles. The molecule has 2 aromatic carbocycles. The lowest BCUT2D eigenvalue weighted by molar-refractivity contribution is -0.187. The zero-order chi connectivity index (χ0) is 25.7. The van der Waals surface area contributed by atoms with Gasteiger partial charge in [-0.05, 0) is 24.0 Å². The second kappa shape index (κ2) is 11.2. The van der Waals surface area contributed by atoms with Gasteiger partial charge in [-0.15, -0.1) is 0 Å². The second-order valence-corrected chi connectivity index (χ2v) is 9.05. The number of nitrogens with zero attached hydrogens (tertiary/aromatic N) is 4. The van der Waals surface area contributed by atoms with Gasteiger partial charge in [-0.3, -0.25) is 14.4 Å². The standard InChI is InChI=1S/C26H31N5O5/c1-28-18-23(32)30-21(12-13-24(33)34)25(35)29(15-14-19-8-4-2-5-9-19)17-22(30)31(28)26(36)27-16-20-10-6-3-7-11-20/h2-11,21-22H,12-18H2,1H3,(H,27,36)(H,33,34)/t21-,22-/m0/s1. The molecular weight excluding hydrogens is 462 g/mol. The summed E-state index contributed by atoms with van der Waals surface area (Å²) in [6.07, 6.45) is -0.398. The lowest BCUT2D eigenvalue weighted by Crippen LogP contribution is -2.76.